The van der Waals surface area contributed by atoms with Gasteiger partial charge in [-0.1, -0.05) is 20.8 Å². The van der Waals surface area contributed by atoms with Crippen LogP contribution in [0, 0.1) is 11.8 Å². The first kappa shape index (κ1) is 15.0. The van der Waals surface area contributed by atoms with Gasteiger partial charge >= 0.3 is 0 Å². The van der Waals surface area contributed by atoms with E-state index in [0.29, 0.717) is 12.1 Å². The van der Waals surface area contributed by atoms with Crippen molar-refractivity contribution < 1.29 is 0 Å². The molecule has 0 rings (SSSR count). The Balaban J connectivity index is 3.99. The summed E-state index contributed by atoms with van der Waals surface area (Å²) in [5.41, 5.74) is 0. The van der Waals surface area contributed by atoms with Crippen LogP contribution in [0.2, 0.25) is 0 Å². The van der Waals surface area contributed by atoms with E-state index in [2.05, 4.69) is 53.4 Å². The van der Waals surface area contributed by atoms with Crippen LogP contribution in [0.4, 0.5) is 0 Å². The van der Waals surface area contributed by atoms with Gasteiger partial charge in [0.15, 0.2) is 0 Å². The van der Waals surface area contributed by atoms with Crippen molar-refractivity contribution in [3.63, 3.8) is 0 Å². The van der Waals surface area contributed by atoms with E-state index in [1.54, 1.807) is 5.92 Å². The lowest BCUT2D eigenvalue weighted by atomic mass is 9.90. The predicted molar refractivity (Wildman–Crippen MR) is 70.0 cm³/mol. The highest BCUT2D eigenvalue weighted by atomic mass is 15.2. The first-order valence-corrected chi connectivity index (χ1v) is 6.48. The van der Waals surface area contributed by atoms with E-state index in [4.69, 9.17) is 0 Å². The van der Waals surface area contributed by atoms with Crippen molar-refractivity contribution in [1.29, 1.82) is 0 Å². The first-order valence-electron chi connectivity index (χ1n) is 6.48. The van der Waals surface area contributed by atoms with Crippen molar-refractivity contribution >= 4 is 0 Å². The normalized spacial score (nSPS) is 14.6. The second-order valence-corrected chi connectivity index (χ2v) is 5.31. The van der Waals surface area contributed by atoms with Gasteiger partial charge in [-0.2, -0.15) is 0 Å². The highest BCUT2D eigenvalue weighted by Gasteiger charge is 2.16. The molecule has 0 aliphatic carbocycles. The lowest BCUT2D eigenvalue weighted by Gasteiger charge is -2.32. The highest BCUT2D eigenvalue weighted by Crippen LogP contribution is 2.21. The summed E-state index contributed by atoms with van der Waals surface area (Å²) in [5.74, 6) is 2.41. The van der Waals surface area contributed by atoms with Crippen molar-refractivity contribution in [2.45, 2.75) is 73.4 Å². The van der Waals surface area contributed by atoms with E-state index in [-0.39, 0.29) is 0 Å². The number of rotatable bonds is 7. The highest BCUT2D eigenvalue weighted by molar-refractivity contribution is 4.88. The number of nitrogens with zero attached hydrogens (tertiary/aromatic N) is 1. The van der Waals surface area contributed by atoms with E-state index in [1.165, 1.54) is 19.4 Å². The molecule has 1 heteroatoms. The molecule has 0 aromatic rings. The topological polar surface area (TPSA) is 3.24 Å². The van der Waals surface area contributed by atoms with Gasteiger partial charge in [-0.15, -0.1) is 0 Å². The molecular weight excluding hydrogens is 182 g/mol. The maximum absolute atomic E-state index is 2.58. The van der Waals surface area contributed by atoms with E-state index < -0.39 is 0 Å². The van der Waals surface area contributed by atoms with Crippen molar-refractivity contribution in [3.05, 3.63) is 5.92 Å². The summed E-state index contributed by atoms with van der Waals surface area (Å²) in [4.78, 5) is 2.58. The number of hydrogen-bond acceptors (Lipinski definition) is 1. The third kappa shape index (κ3) is 5.55. The van der Waals surface area contributed by atoms with Crippen LogP contribution in [0.25, 0.3) is 0 Å². The molecule has 0 aromatic carbocycles. The Morgan fingerprint density at radius 1 is 1.00 bits per heavy atom. The van der Waals surface area contributed by atoms with Crippen LogP contribution in [-0.2, 0) is 0 Å². The Morgan fingerprint density at radius 2 is 1.47 bits per heavy atom. The molecule has 0 fully saturated rings. The van der Waals surface area contributed by atoms with Crippen LogP contribution in [0.1, 0.15) is 61.3 Å². The van der Waals surface area contributed by atoms with Crippen LogP contribution in [0.3, 0.4) is 0 Å². The largest absolute Gasteiger partial charge is 0.299 e. The van der Waals surface area contributed by atoms with Gasteiger partial charge in [0.1, 0.15) is 0 Å². The van der Waals surface area contributed by atoms with Gasteiger partial charge in [0.05, 0.1) is 0 Å². The van der Waals surface area contributed by atoms with Crippen LogP contribution in [0.5, 0.6) is 0 Å². The zero-order chi connectivity index (χ0) is 12.0. The fraction of sp³-hybridized carbons (Fsp3) is 0.929. The second kappa shape index (κ2) is 7.27. The summed E-state index contributed by atoms with van der Waals surface area (Å²) >= 11 is 0. The predicted octanol–water partition coefficient (Wildman–Crippen LogP) is 4.14. The molecule has 1 nitrogen and oxygen atoms in total. The maximum Gasteiger partial charge on any atom is 0.00412 e. The van der Waals surface area contributed by atoms with Gasteiger partial charge in [-0.25, -0.2) is 0 Å². The molecule has 0 spiro atoms. The maximum atomic E-state index is 2.58. The quantitative estimate of drug-likeness (QED) is 0.613. The molecule has 1 radical (unpaired) electrons. The van der Waals surface area contributed by atoms with Crippen LogP contribution in [-0.4, -0.2) is 23.5 Å². The lowest BCUT2D eigenvalue weighted by Crippen LogP contribution is -2.38. The molecule has 15 heavy (non-hydrogen) atoms. The van der Waals surface area contributed by atoms with Crippen molar-refractivity contribution in [2.24, 2.45) is 5.92 Å². The zero-order valence-corrected chi connectivity index (χ0v) is 11.8. The molecule has 0 N–H and O–H groups in total. The average molecular weight is 212 g/mol. The molecule has 0 heterocycles. The van der Waals surface area contributed by atoms with Crippen LogP contribution >= 0.6 is 0 Å². The minimum Gasteiger partial charge on any atom is -0.299 e. The van der Waals surface area contributed by atoms with Crippen molar-refractivity contribution in [2.75, 3.05) is 6.54 Å². The molecular formula is C14H30N. The van der Waals surface area contributed by atoms with E-state index in [1.807, 2.05) is 0 Å². The molecule has 0 bridgehead atoms. The fourth-order valence-corrected chi connectivity index (χ4v) is 2.05. The average Bonchev–Trinajstić information content (AvgIpc) is 2.15. The summed E-state index contributed by atoms with van der Waals surface area (Å²) in [6.45, 7) is 17.3. The molecule has 0 aliphatic rings. The third-order valence-corrected chi connectivity index (χ3v) is 3.55. The molecule has 1 unspecified atom stereocenters. The molecule has 0 saturated heterocycles. The Labute approximate surface area is 97.2 Å². The Morgan fingerprint density at radius 3 is 1.80 bits per heavy atom. The second-order valence-electron chi connectivity index (χ2n) is 5.31. The Hall–Kier alpha value is -0.0400. The lowest BCUT2D eigenvalue weighted by molar-refractivity contribution is 0.165. The SMILES string of the molecule is CC[C](C)C(C)CCN(C(C)C)C(C)C. The minimum atomic E-state index is 0.666. The summed E-state index contributed by atoms with van der Waals surface area (Å²) in [6, 6.07) is 1.33. The van der Waals surface area contributed by atoms with Crippen molar-refractivity contribution in [1.82, 2.24) is 4.90 Å². The summed E-state index contributed by atoms with van der Waals surface area (Å²) < 4.78 is 0. The third-order valence-electron chi connectivity index (χ3n) is 3.55. The Kier molecular flexibility index (Phi) is 7.25. The minimum absolute atomic E-state index is 0.666. The molecule has 0 aliphatic heterocycles. The smallest absolute Gasteiger partial charge is 0.00412 e. The van der Waals surface area contributed by atoms with Crippen molar-refractivity contribution in [3.8, 4) is 0 Å². The van der Waals surface area contributed by atoms with Gasteiger partial charge in [-0.3, -0.25) is 4.90 Å². The summed E-state index contributed by atoms with van der Waals surface area (Å²) in [6.07, 6.45) is 2.53. The van der Waals surface area contributed by atoms with Gasteiger partial charge < -0.3 is 0 Å². The Bertz CT molecular complexity index is 143. The van der Waals surface area contributed by atoms with Gasteiger partial charge in [-0.05, 0) is 58.9 Å². The van der Waals surface area contributed by atoms with E-state index in [9.17, 15) is 0 Å². The standard InChI is InChI=1S/C14H30N/c1-8-13(6)14(7)9-10-15(11(2)3)12(4)5/h11-12,14H,8-10H2,1-7H3. The number of hydrogen-bond donors (Lipinski definition) is 0. The van der Waals surface area contributed by atoms with Crippen LogP contribution in [0.15, 0.2) is 0 Å². The fourth-order valence-electron chi connectivity index (χ4n) is 2.05. The molecule has 0 aromatic heterocycles. The molecule has 91 valence electrons. The van der Waals surface area contributed by atoms with Gasteiger partial charge in [0.2, 0.25) is 0 Å². The van der Waals surface area contributed by atoms with Gasteiger partial charge in [0.25, 0.3) is 0 Å². The monoisotopic (exact) mass is 212 g/mol. The summed E-state index contributed by atoms with van der Waals surface area (Å²) in [5, 5.41) is 0. The van der Waals surface area contributed by atoms with E-state index >= 15 is 0 Å². The summed E-state index contributed by atoms with van der Waals surface area (Å²) in [7, 11) is 0. The van der Waals surface area contributed by atoms with Crippen LogP contribution < -0.4 is 0 Å². The molecule has 0 saturated carbocycles. The molecule has 0 amide bonds. The first-order chi connectivity index (χ1) is 6.90. The van der Waals surface area contributed by atoms with Gasteiger partial charge in [0, 0.05) is 12.1 Å². The zero-order valence-electron chi connectivity index (χ0n) is 11.8. The molecule has 1 atom stereocenters. The van der Waals surface area contributed by atoms with E-state index in [0.717, 1.165) is 5.92 Å².